The molecule has 1 aromatic carbocycles. The maximum atomic E-state index is 11.1. The lowest BCUT2D eigenvalue weighted by Crippen LogP contribution is -2.14. The maximum Gasteiger partial charge on any atom is 0.252 e. The zero-order chi connectivity index (χ0) is 10.3. The summed E-state index contributed by atoms with van der Waals surface area (Å²) >= 11 is 3.32. The van der Waals surface area contributed by atoms with E-state index < -0.39 is 5.91 Å². The van der Waals surface area contributed by atoms with Crippen molar-refractivity contribution in [2.75, 3.05) is 5.73 Å². The number of nitrogens with two attached hydrogens (primary N) is 2. The number of hydrogen-bond acceptors (Lipinski definition) is 3. The second kappa shape index (κ2) is 2.98. The number of aromatic amines is 1. The van der Waals surface area contributed by atoms with Gasteiger partial charge in [0.1, 0.15) is 0 Å². The van der Waals surface area contributed by atoms with E-state index in [1.54, 1.807) is 12.3 Å². The van der Waals surface area contributed by atoms with Crippen LogP contribution in [0.25, 0.3) is 10.9 Å². The number of nitrogens with zero attached hydrogens (tertiary/aromatic N) is 1. The number of amides is 1. The van der Waals surface area contributed by atoms with Crippen LogP contribution < -0.4 is 11.5 Å². The molecule has 1 amide bonds. The number of nitrogen functional groups attached to an aromatic ring is 1. The molecule has 14 heavy (non-hydrogen) atoms. The number of carbonyl (C=O) groups is 1. The van der Waals surface area contributed by atoms with Crippen LogP contribution in [0.3, 0.4) is 0 Å². The Hall–Kier alpha value is -1.56. The minimum Gasteiger partial charge on any atom is -0.398 e. The number of anilines is 1. The Morgan fingerprint density at radius 2 is 2.29 bits per heavy atom. The van der Waals surface area contributed by atoms with E-state index in [1.807, 2.05) is 0 Å². The predicted molar refractivity (Wildman–Crippen MR) is 56.7 cm³/mol. The highest BCUT2D eigenvalue weighted by atomic mass is 79.9. The minimum atomic E-state index is -0.566. The molecule has 0 fully saturated rings. The standard InChI is InChI=1S/C8H7BrN4O/c9-4-1-5(10)6(8(11)14)7-3(4)2-12-13-7/h1-2H,10H2,(H2,11,14)(H,12,13). The molecule has 2 aromatic rings. The Morgan fingerprint density at radius 1 is 1.57 bits per heavy atom. The number of halogens is 1. The third-order valence-electron chi connectivity index (χ3n) is 1.96. The lowest BCUT2D eigenvalue weighted by atomic mass is 10.1. The Labute approximate surface area is 87.6 Å². The lowest BCUT2D eigenvalue weighted by Gasteiger charge is -2.03. The molecule has 5 nitrogen and oxygen atoms in total. The molecule has 0 unspecified atom stereocenters. The van der Waals surface area contributed by atoms with Crippen LogP contribution in [0.15, 0.2) is 16.7 Å². The highest BCUT2D eigenvalue weighted by Gasteiger charge is 2.14. The van der Waals surface area contributed by atoms with E-state index in [-0.39, 0.29) is 5.56 Å². The number of benzene rings is 1. The first-order valence-electron chi connectivity index (χ1n) is 3.82. The molecule has 1 aromatic heterocycles. The maximum absolute atomic E-state index is 11.1. The molecular weight excluding hydrogens is 248 g/mol. The number of carbonyl (C=O) groups excluding carboxylic acids is 1. The van der Waals surface area contributed by atoms with Crippen LogP contribution in [-0.2, 0) is 0 Å². The van der Waals surface area contributed by atoms with Crippen molar-refractivity contribution in [2.24, 2.45) is 5.73 Å². The van der Waals surface area contributed by atoms with Gasteiger partial charge in [-0.15, -0.1) is 0 Å². The van der Waals surface area contributed by atoms with Crippen molar-refractivity contribution in [1.82, 2.24) is 10.2 Å². The van der Waals surface area contributed by atoms with Gasteiger partial charge in [-0.1, -0.05) is 0 Å². The van der Waals surface area contributed by atoms with Gasteiger partial charge in [0.2, 0.25) is 0 Å². The first kappa shape index (κ1) is 9.01. The fourth-order valence-corrected chi connectivity index (χ4v) is 1.90. The molecule has 0 aliphatic rings. The number of H-pyrrole nitrogens is 1. The summed E-state index contributed by atoms with van der Waals surface area (Å²) in [6.07, 6.45) is 1.60. The predicted octanol–water partition coefficient (Wildman–Crippen LogP) is 1.01. The Bertz CT molecular complexity index is 519. The van der Waals surface area contributed by atoms with Gasteiger partial charge in [0.05, 0.1) is 17.3 Å². The van der Waals surface area contributed by atoms with E-state index in [0.717, 1.165) is 9.86 Å². The van der Waals surface area contributed by atoms with Crippen molar-refractivity contribution in [3.05, 3.63) is 22.3 Å². The number of rotatable bonds is 1. The van der Waals surface area contributed by atoms with E-state index in [2.05, 4.69) is 26.1 Å². The summed E-state index contributed by atoms with van der Waals surface area (Å²) in [6.45, 7) is 0. The molecule has 0 aliphatic carbocycles. The van der Waals surface area contributed by atoms with Crippen LogP contribution in [0.4, 0.5) is 5.69 Å². The van der Waals surface area contributed by atoms with Crippen LogP contribution in [0.1, 0.15) is 10.4 Å². The van der Waals surface area contributed by atoms with Gasteiger partial charge in [-0.3, -0.25) is 9.89 Å². The van der Waals surface area contributed by atoms with Crippen molar-refractivity contribution in [1.29, 1.82) is 0 Å². The van der Waals surface area contributed by atoms with E-state index in [0.29, 0.717) is 11.2 Å². The van der Waals surface area contributed by atoms with E-state index >= 15 is 0 Å². The summed E-state index contributed by atoms with van der Waals surface area (Å²) in [7, 11) is 0. The smallest absolute Gasteiger partial charge is 0.252 e. The molecule has 0 saturated carbocycles. The summed E-state index contributed by atoms with van der Waals surface area (Å²) in [5.74, 6) is -0.566. The van der Waals surface area contributed by atoms with Crippen molar-refractivity contribution < 1.29 is 4.79 Å². The number of nitrogens with one attached hydrogen (secondary N) is 1. The first-order chi connectivity index (χ1) is 6.61. The van der Waals surface area contributed by atoms with E-state index in [4.69, 9.17) is 11.5 Å². The average molecular weight is 255 g/mol. The van der Waals surface area contributed by atoms with Crippen LogP contribution in [-0.4, -0.2) is 16.1 Å². The first-order valence-corrected chi connectivity index (χ1v) is 4.61. The minimum absolute atomic E-state index is 0.278. The van der Waals surface area contributed by atoms with Crippen molar-refractivity contribution >= 4 is 38.4 Å². The second-order valence-corrected chi connectivity index (χ2v) is 3.70. The molecule has 5 N–H and O–H groups in total. The van der Waals surface area contributed by atoms with Crippen LogP contribution in [0, 0.1) is 0 Å². The van der Waals surface area contributed by atoms with Gasteiger partial charge in [0.25, 0.3) is 5.91 Å². The van der Waals surface area contributed by atoms with Crippen molar-refractivity contribution in [2.45, 2.75) is 0 Å². The summed E-state index contributed by atoms with van der Waals surface area (Å²) < 4.78 is 0.781. The number of hydrogen-bond donors (Lipinski definition) is 3. The van der Waals surface area contributed by atoms with Gasteiger partial charge >= 0.3 is 0 Å². The largest absolute Gasteiger partial charge is 0.398 e. The molecule has 1 heterocycles. The second-order valence-electron chi connectivity index (χ2n) is 2.85. The average Bonchev–Trinajstić information content (AvgIpc) is 2.51. The van der Waals surface area contributed by atoms with Gasteiger partial charge in [-0.05, 0) is 22.0 Å². The van der Waals surface area contributed by atoms with Crippen LogP contribution in [0.2, 0.25) is 0 Å². The SMILES string of the molecule is NC(=O)c1c(N)cc(Br)c2cn[nH]c12. The molecule has 0 atom stereocenters. The fraction of sp³-hybridized carbons (Fsp3) is 0. The van der Waals surface area contributed by atoms with E-state index in [9.17, 15) is 4.79 Å². The highest BCUT2D eigenvalue weighted by molar-refractivity contribution is 9.10. The normalized spacial score (nSPS) is 10.6. The third-order valence-corrected chi connectivity index (χ3v) is 2.62. The molecule has 2 rings (SSSR count). The Balaban J connectivity index is 2.93. The van der Waals surface area contributed by atoms with Gasteiger partial charge in [0, 0.05) is 15.5 Å². The van der Waals surface area contributed by atoms with Gasteiger partial charge in [-0.25, -0.2) is 0 Å². The van der Waals surface area contributed by atoms with Crippen LogP contribution in [0.5, 0.6) is 0 Å². The number of aromatic nitrogens is 2. The number of fused-ring (bicyclic) bond motifs is 1. The fourth-order valence-electron chi connectivity index (χ4n) is 1.35. The molecular formula is C8H7BrN4O. The lowest BCUT2D eigenvalue weighted by molar-refractivity contribution is 0.100. The summed E-state index contributed by atoms with van der Waals surface area (Å²) in [5, 5.41) is 7.30. The molecule has 0 aliphatic heterocycles. The third kappa shape index (κ3) is 1.15. The summed E-state index contributed by atoms with van der Waals surface area (Å²) in [4.78, 5) is 11.1. The molecule has 72 valence electrons. The van der Waals surface area contributed by atoms with Gasteiger partial charge < -0.3 is 11.5 Å². The summed E-state index contributed by atoms with van der Waals surface area (Å²) in [6, 6.07) is 1.64. The quantitative estimate of drug-likeness (QED) is 0.663. The van der Waals surface area contributed by atoms with Gasteiger partial charge in [-0.2, -0.15) is 5.10 Å². The monoisotopic (exact) mass is 254 g/mol. The topological polar surface area (TPSA) is 97.8 Å². The summed E-state index contributed by atoms with van der Waals surface area (Å²) in [5.41, 5.74) is 12.0. The van der Waals surface area contributed by atoms with Crippen LogP contribution >= 0.6 is 15.9 Å². The highest BCUT2D eigenvalue weighted by Crippen LogP contribution is 2.29. The molecule has 6 heteroatoms. The van der Waals surface area contributed by atoms with Crippen molar-refractivity contribution in [3.8, 4) is 0 Å². The van der Waals surface area contributed by atoms with E-state index in [1.165, 1.54) is 0 Å². The molecule has 0 bridgehead atoms. The van der Waals surface area contributed by atoms with Gasteiger partial charge in [0.15, 0.2) is 0 Å². The Morgan fingerprint density at radius 3 is 2.93 bits per heavy atom. The Kier molecular flexibility index (Phi) is 1.92. The molecule has 0 spiro atoms. The van der Waals surface area contributed by atoms with Crippen molar-refractivity contribution in [3.63, 3.8) is 0 Å². The molecule has 0 saturated heterocycles. The zero-order valence-corrected chi connectivity index (χ0v) is 8.63. The zero-order valence-electron chi connectivity index (χ0n) is 7.04. The number of primary amides is 1. The molecule has 0 radical (unpaired) electrons.